The topological polar surface area (TPSA) is 55.1 Å². The number of hydrogen-bond acceptors (Lipinski definition) is 3. The molecule has 136 valence electrons. The average Bonchev–Trinajstić information content (AvgIpc) is 2.53. The molecule has 1 aromatic rings. The standard InChI is InChI=1S/C21H29ClN2O/c1-13(2)11-19-18(12-23)21(16-7-5-14(3)6-8-16)17(15(4)24-19)9-10-20(22)25/h5-8,13,15,24H,9-12,23H2,1-4H3. The summed E-state index contributed by atoms with van der Waals surface area (Å²) in [7, 11) is 0. The van der Waals surface area contributed by atoms with Crippen LogP contribution in [0.1, 0.15) is 51.2 Å². The zero-order chi connectivity index (χ0) is 18.6. The van der Waals surface area contributed by atoms with Gasteiger partial charge in [-0.1, -0.05) is 43.7 Å². The molecule has 2 rings (SSSR count). The molecule has 0 aliphatic carbocycles. The van der Waals surface area contributed by atoms with Gasteiger partial charge in [-0.2, -0.15) is 0 Å². The van der Waals surface area contributed by atoms with Gasteiger partial charge in [0.05, 0.1) is 0 Å². The van der Waals surface area contributed by atoms with Crippen LogP contribution < -0.4 is 11.1 Å². The number of nitrogens with one attached hydrogen (secondary N) is 1. The lowest BCUT2D eigenvalue weighted by atomic mass is 9.82. The van der Waals surface area contributed by atoms with Gasteiger partial charge in [-0.3, -0.25) is 4.79 Å². The van der Waals surface area contributed by atoms with Gasteiger partial charge in [-0.25, -0.2) is 0 Å². The highest BCUT2D eigenvalue weighted by molar-refractivity contribution is 6.63. The van der Waals surface area contributed by atoms with E-state index in [4.69, 9.17) is 17.3 Å². The molecule has 0 spiro atoms. The monoisotopic (exact) mass is 360 g/mol. The van der Waals surface area contributed by atoms with Crippen LogP contribution in [0.4, 0.5) is 0 Å². The Morgan fingerprint density at radius 3 is 2.44 bits per heavy atom. The number of nitrogens with two attached hydrogens (primary N) is 1. The molecule has 1 heterocycles. The lowest BCUT2D eigenvalue weighted by Crippen LogP contribution is -2.35. The van der Waals surface area contributed by atoms with E-state index < -0.39 is 0 Å². The molecule has 1 aliphatic rings. The minimum Gasteiger partial charge on any atom is -0.382 e. The van der Waals surface area contributed by atoms with E-state index in [1.54, 1.807) is 0 Å². The predicted octanol–water partition coefficient (Wildman–Crippen LogP) is 4.54. The molecule has 3 N–H and O–H groups in total. The Morgan fingerprint density at radius 2 is 1.92 bits per heavy atom. The summed E-state index contributed by atoms with van der Waals surface area (Å²) < 4.78 is 0. The highest BCUT2D eigenvalue weighted by Crippen LogP contribution is 2.37. The molecule has 0 aromatic heterocycles. The SMILES string of the molecule is Cc1ccc(C2=C(CCC(=O)Cl)C(C)NC(CC(C)C)=C2CN)cc1. The quantitative estimate of drug-likeness (QED) is 0.701. The normalized spacial score (nSPS) is 18.0. The fourth-order valence-electron chi connectivity index (χ4n) is 3.47. The minimum atomic E-state index is -0.297. The third-order valence-corrected chi connectivity index (χ3v) is 4.84. The van der Waals surface area contributed by atoms with Gasteiger partial charge in [0.25, 0.3) is 0 Å². The second-order valence-electron chi connectivity index (χ2n) is 7.25. The molecule has 0 saturated carbocycles. The van der Waals surface area contributed by atoms with Crippen molar-refractivity contribution in [2.24, 2.45) is 11.7 Å². The Balaban J connectivity index is 2.59. The van der Waals surface area contributed by atoms with Crippen LogP contribution in [0.5, 0.6) is 0 Å². The van der Waals surface area contributed by atoms with Gasteiger partial charge in [0.1, 0.15) is 0 Å². The molecule has 0 bridgehead atoms. The van der Waals surface area contributed by atoms with E-state index in [0.717, 1.165) is 17.6 Å². The van der Waals surface area contributed by atoms with E-state index in [2.05, 4.69) is 57.3 Å². The van der Waals surface area contributed by atoms with E-state index in [1.807, 2.05) is 0 Å². The van der Waals surface area contributed by atoms with Crippen molar-refractivity contribution in [2.75, 3.05) is 6.54 Å². The third kappa shape index (κ3) is 4.96. The summed E-state index contributed by atoms with van der Waals surface area (Å²) in [6.45, 7) is 9.13. The Labute approximate surface area is 156 Å². The molecule has 1 unspecified atom stereocenters. The number of allylic oxidation sites excluding steroid dienone is 1. The number of carbonyl (C=O) groups excluding carboxylic acids is 1. The van der Waals surface area contributed by atoms with Crippen LogP contribution in [-0.2, 0) is 4.79 Å². The Morgan fingerprint density at radius 1 is 1.28 bits per heavy atom. The van der Waals surface area contributed by atoms with Crippen LogP contribution in [0, 0.1) is 12.8 Å². The Hall–Kier alpha value is -1.58. The number of dihydropyridines is 1. The van der Waals surface area contributed by atoms with Gasteiger partial charge in [-0.05, 0) is 66.5 Å². The molecule has 1 atom stereocenters. The number of hydrogen-bond donors (Lipinski definition) is 2. The van der Waals surface area contributed by atoms with E-state index in [9.17, 15) is 4.79 Å². The molecule has 3 nitrogen and oxygen atoms in total. The van der Waals surface area contributed by atoms with Crippen molar-refractivity contribution in [3.63, 3.8) is 0 Å². The van der Waals surface area contributed by atoms with Crippen LogP contribution >= 0.6 is 11.6 Å². The summed E-state index contributed by atoms with van der Waals surface area (Å²) in [6.07, 6.45) is 1.96. The second-order valence-corrected chi connectivity index (χ2v) is 7.67. The van der Waals surface area contributed by atoms with Crippen LogP contribution in [-0.4, -0.2) is 17.8 Å². The van der Waals surface area contributed by atoms with Crippen LogP contribution in [0.3, 0.4) is 0 Å². The Kier molecular flexibility index (Phi) is 6.86. The number of benzene rings is 1. The summed E-state index contributed by atoms with van der Waals surface area (Å²) in [5, 5.41) is 3.32. The lowest BCUT2D eigenvalue weighted by molar-refractivity contribution is -0.111. The van der Waals surface area contributed by atoms with Crippen LogP contribution in [0.15, 0.2) is 41.1 Å². The average molecular weight is 361 g/mol. The van der Waals surface area contributed by atoms with E-state index in [-0.39, 0.29) is 11.3 Å². The smallest absolute Gasteiger partial charge is 0.221 e. The number of rotatable bonds is 7. The first-order chi connectivity index (χ1) is 11.8. The molecule has 4 heteroatoms. The van der Waals surface area contributed by atoms with Crippen LogP contribution in [0.25, 0.3) is 5.57 Å². The molecule has 25 heavy (non-hydrogen) atoms. The fourth-order valence-corrected chi connectivity index (χ4v) is 3.56. The summed E-state index contributed by atoms with van der Waals surface area (Å²) in [5.41, 5.74) is 13.4. The van der Waals surface area contributed by atoms with Crippen molar-refractivity contribution in [1.82, 2.24) is 5.32 Å². The lowest BCUT2D eigenvalue weighted by Gasteiger charge is -2.33. The van der Waals surface area contributed by atoms with E-state index >= 15 is 0 Å². The van der Waals surface area contributed by atoms with E-state index in [1.165, 1.54) is 22.4 Å². The van der Waals surface area contributed by atoms with Crippen molar-refractivity contribution in [3.05, 3.63) is 52.2 Å². The summed E-state index contributed by atoms with van der Waals surface area (Å²) in [6, 6.07) is 8.70. The zero-order valence-corrected chi connectivity index (χ0v) is 16.4. The van der Waals surface area contributed by atoms with Crippen molar-refractivity contribution >= 4 is 22.4 Å². The van der Waals surface area contributed by atoms with Crippen molar-refractivity contribution in [2.45, 2.75) is 53.0 Å². The molecule has 1 aromatic carbocycles. The maximum absolute atomic E-state index is 11.3. The number of aryl methyl sites for hydroxylation is 1. The van der Waals surface area contributed by atoms with Gasteiger partial charge >= 0.3 is 0 Å². The molecule has 1 aliphatic heterocycles. The second kappa shape index (κ2) is 8.68. The van der Waals surface area contributed by atoms with Gasteiger partial charge < -0.3 is 11.1 Å². The molecular weight excluding hydrogens is 332 g/mol. The maximum atomic E-state index is 11.3. The van der Waals surface area contributed by atoms with Gasteiger partial charge in [-0.15, -0.1) is 0 Å². The molecular formula is C21H29ClN2O. The fraction of sp³-hybridized carbons (Fsp3) is 0.476. The molecule has 0 fully saturated rings. The maximum Gasteiger partial charge on any atom is 0.221 e. The number of carbonyl (C=O) groups is 1. The highest BCUT2D eigenvalue weighted by Gasteiger charge is 2.26. The van der Waals surface area contributed by atoms with Gasteiger partial charge in [0.15, 0.2) is 0 Å². The number of halogens is 1. The first-order valence-electron chi connectivity index (χ1n) is 9.00. The van der Waals surface area contributed by atoms with E-state index in [0.29, 0.717) is 25.3 Å². The minimum absolute atomic E-state index is 0.163. The zero-order valence-electron chi connectivity index (χ0n) is 15.7. The third-order valence-electron chi connectivity index (χ3n) is 4.65. The van der Waals surface area contributed by atoms with Gasteiger partial charge in [0, 0.05) is 24.7 Å². The largest absolute Gasteiger partial charge is 0.382 e. The summed E-state index contributed by atoms with van der Waals surface area (Å²) >= 11 is 5.61. The Bertz CT molecular complexity index is 686. The van der Waals surface area contributed by atoms with Crippen molar-refractivity contribution < 1.29 is 4.79 Å². The van der Waals surface area contributed by atoms with Crippen molar-refractivity contribution in [1.29, 1.82) is 0 Å². The van der Waals surface area contributed by atoms with Crippen molar-refractivity contribution in [3.8, 4) is 0 Å². The first kappa shape index (κ1) is 19.7. The highest BCUT2D eigenvalue weighted by atomic mass is 35.5. The van der Waals surface area contributed by atoms with Crippen LogP contribution in [0.2, 0.25) is 0 Å². The predicted molar refractivity (Wildman–Crippen MR) is 106 cm³/mol. The summed E-state index contributed by atoms with van der Waals surface area (Å²) in [4.78, 5) is 11.3. The first-order valence-corrected chi connectivity index (χ1v) is 9.38. The van der Waals surface area contributed by atoms with Gasteiger partial charge in [0.2, 0.25) is 5.24 Å². The summed E-state index contributed by atoms with van der Waals surface area (Å²) in [5.74, 6) is 0.543. The molecule has 0 saturated heterocycles. The molecule has 0 amide bonds. The molecule has 0 radical (unpaired) electrons.